The van der Waals surface area contributed by atoms with Crippen LogP contribution in [0.5, 0.6) is 5.75 Å². The van der Waals surface area contributed by atoms with Crippen LogP contribution in [-0.2, 0) is 9.59 Å². The number of halogens is 3. The van der Waals surface area contributed by atoms with Crippen molar-refractivity contribution in [1.29, 1.82) is 0 Å². The lowest BCUT2D eigenvalue weighted by Gasteiger charge is -2.12. The Morgan fingerprint density at radius 1 is 1.15 bits per heavy atom. The molecule has 136 valence electrons. The van der Waals surface area contributed by atoms with Gasteiger partial charge in [0.1, 0.15) is 17.4 Å². The number of nitrogens with one attached hydrogen (secondary N) is 2. The van der Waals surface area contributed by atoms with Crippen molar-refractivity contribution in [2.24, 2.45) is 0 Å². The van der Waals surface area contributed by atoms with E-state index < -0.39 is 23.6 Å². The quantitative estimate of drug-likeness (QED) is 0.416. The van der Waals surface area contributed by atoms with E-state index in [4.69, 9.17) is 16.3 Å². The lowest BCUT2D eigenvalue weighted by atomic mass is 10.1. The summed E-state index contributed by atoms with van der Waals surface area (Å²) < 4.78 is 19.4. The summed E-state index contributed by atoms with van der Waals surface area (Å²) in [6, 6.07) is 8.22. The third-order valence-electron chi connectivity index (χ3n) is 3.06. The van der Waals surface area contributed by atoms with Crippen molar-refractivity contribution in [2.45, 2.75) is 6.92 Å². The van der Waals surface area contributed by atoms with Gasteiger partial charge in [-0.2, -0.15) is 0 Å². The number of rotatable bonds is 5. The molecule has 0 saturated carbocycles. The molecule has 0 radical (unpaired) electrons. The first kappa shape index (κ1) is 19.9. The van der Waals surface area contributed by atoms with Crippen LogP contribution in [0.2, 0.25) is 0 Å². The smallest absolute Gasteiger partial charge is 0.308 e. The summed E-state index contributed by atoms with van der Waals surface area (Å²) in [5.74, 6) is -2.77. The largest absolute Gasteiger partial charge is 0.426 e. The lowest BCUT2D eigenvalue weighted by Crippen LogP contribution is -2.17. The van der Waals surface area contributed by atoms with Crippen LogP contribution in [-0.4, -0.2) is 23.7 Å². The molecule has 0 aliphatic carbocycles. The molecule has 0 heterocycles. The van der Waals surface area contributed by atoms with E-state index >= 15 is 0 Å². The Morgan fingerprint density at radius 3 is 2.50 bits per heavy atom. The molecule has 0 fully saturated rings. The highest BCUT2D eigenvalue weighted by Crippen LogP contribution is 2.26. The van der Waals surface area contributed by atoms with Gasteiger partial charge in [-0.1, -0.05) is 15.9 Å². The van der Waals surface area contributed by atoms with E-state index in [1.807, 2.05) is 0 Å². The Morgan fingerprint density at radius 2 is 1.88 bits per heavy atom. The minimum Gasteiger partial charge on any atom is -0.426 e. The standard InChI is InChI=1S/C17H13BrClFN2O4/c1-9(23)26-15-5-3-11(21-16(24)8-19)7-12(15)17(25)22-14-4-2-10(18)6-13(14)20/h2-7H,8H2,1H3,(H,21,24)(H,22,25). The topological polar surface area (TPSA) is 84.5 Å². The maximum atomic E-state index is 13.9. The zero-order valence-electron chi connectivity index (χ0n) is 13.4. The first-order valence-electron chi connectivity index (χ1n) is 7.25. The molecule has 2 aromatic rings. The second kappa shape index (κ2) is 8.77. The van der Waals surface area contributed by atoms with E-state index in [0.717, 1.165) is 0 Å². The van der Waals surface area contributed by atoms with Gasteiger partial charge in [0, 0.05) is 17.1 Å². The molecule has 0 aliphatic rings. The van der Waals surface area contributed by atoms with Gasteiger partial charge in [-0.15, -0.1) is 11.6 Å². The minimum atomic E-state index is -0.718. The van der Waals surface area contributed by atoms with E-state index in [-0.39, 0.29) is 28.6 Å². The van der Waals surface area contributed by atoms with Gasteiger partial charge in [0.15, 0.2) is 0 Å². The van der Waals surface area contributed by atoms with Crippen molar-refractivity contribution < 1.29 is 23.5 Å². The van der Waals surface area contributed by atoms with Gasteiger partial charge < -0.3 is 15.4 Å². The highest BCUT2D eigenvalue weighted by atomic mass is 79.9. The molecule has 2 amide bonds. The fourth-order valence-corrected chi connectivity index (χ4v) is 2.40. The van der Waals surface area contributed by atoms with Crippen molar-refractivity contribution in [1.82, 2.24) is 0 Å². The van der Waals surface area contributed by atoms with Crippen LogP contribution in [0.15, 0.2) is 40.9 Å². The number of ether oxygens (including phenoxy) is 1. The first-order chi connectivity index (χ1) is 12.3. The monoisotopic (exact) mass is 442 g/mol. The summed E-state index contributed by atoms with van der Waals surface area (Å²) in [5.41, 5.74) is 0.157. The average molecular weight is 444 g/mol. The third kappa shape index (κ3) is 5.27. The van der Waals surface area contributed by atoms with Gasteiger partial charge >= 0.3 is 5.97 Å². The molecular weight excluding hydrogens is 431 g/mol. The molecule has 2 rings (SSSR count). The van der Waals surface area contributed by atoms with Gasteiger partial charge in [0.2, 0.25) is 5.91 Å². The van der Waals surface area contributed by atoms with E-state index in [9.17, 15) is 18.8 Å². The van der Waals surface area contributed by atoms with E-state index in [0.29, 0.717) is 4.47 Å². The predicted molar refractivity (Wildman–Crippen MR) is 99.2 cm³/mol. The first-order valence-corrected chi connectivity index (χ1v) is 8.57. The molecule has 26 heavy (non-hydrogen) atoms. The molecule has 9 heteroatoms. The average Bonchev–Trinajstić information content (AvgIpc) is 2.58. The maximum Gasteiger partial charge on any atom is 0.308 e. The number of hydrogen-bond donors (Lipinski definition) is 2. The number of amides is 2. The number of alkyl halides is 1. The molecule has 0 atom stereocenters. The Kier molecular flexibility index (Phi) is 6.70. The molecule has 0 unspecified atom stereocenters. The normalized spacial score (nSPS) is 10.2. The summed E-state index contributed by atoms with van der Waals surface area (Å²) >= 11 is 8.56. The number of carbonyl (C=O) groups is 3. The number of carbonyl (C=O) groups excluding carboxylic acids is 3. The molecule has 0 spiro atoms. The predicted octanol–water partition coefficient (Wildman–Crippen LogP) is 3.94. The molecular formula is C17H13BrClFN2O4. The maximum absolute atomic E-state index is 13.9. The molecule has 0 aliphatic heterocycles. The molecule has 2 aromatic carbocycles. The van der Waals surface area contributed by atoms with Gasteiger partial charge in [-0.25, -0.2) is 4.39 Å². The zero-order chi connectivity index (χ0) is 19.3. The van der Waals surface area contributed by atoms with Gasteiger partial charge in [0.05, 0.1) is 11.3 Å². The molecule has 0 aromatic heterocycles. The fourth-order valence-electron chi connectivity index (χ4n) is 2.00. The third-order valence-corrected chi connectivity index (χ3v) is 3.80. The van der Waals surface area contributed by atoms with Crippen LogP contribution >= 0.6 is 27.5 Å². The summed E-state index contributed by atoms with van der Waals surface area (Å²) in [5, 5.41) is 4.88. The van der Waals surface area contributed by atoms with Gasteiger partial charge in [-0.05, 0) is 36.4 Å². The Hall–Kier alpha value is -2.45. The second-order valence-electron chi connectivity index (χ2n) is 5.06. The van der Waals surface area contributed by atoms with E-state index in [1.165, 1.54) is 37.3 Å². The lowest BCUT2D eigenvalue weighted by molar-refractivity contribution is -0.131. The second-order valence-corrected chi connectivity index (χ2v) is 6.25. The van der Waals surface area contributed by atoms with Crippen LogP contribution in [0.1, 0.15) is 17.3 Å². The Labute approximate surface area is 161 Å². The van der Waals surface area contributed by atoms with E-state index in [2.05, 4.69) is 26.6 Å². The Balaban J connectivity index is 2.35. The van der Waals surface area contributed by atoms with Crippen molar-refractivity contribution >= 4 is 56.7 Å². The number of anilines is 2. The summed E-state index contributed by atoms with van der Waals surface area (Å²) in [6.07, 6.45) is 0. The van der Waals surface area contributed by atoms with Crippen LogP contribution in [0.3, 0.4) is 0 Å². The minimum absolute atomic E-state index is 0.0311. The van der Waals surface area contributed by atoms with Gasteiger partial charge in [0.25, 0.3) is 5.91 Å². The highest BCUT2D eigenvalue weighted by molar-refractivity contribution is 9.10. The summed E-state index contributed by atoms with van der Waals surface area (Å²) in [7, 11) is 0. The van der Waals surface area contributed by atoms with Crippen LogP contribution in [0, 0.1) is 5.82 Å². The number of hydrogen-bond acceptors (Lipinski definition) is 4. The van der Waals surface area contributed by atoms with Crippen molar-refractivity contribution in [3.05, 3.63) is 52.3 Å². The summed E-state index contributed by atoms with van der Waals surface area (Å²) in [6.45, 7) is 1.18. The van der Waals surface area contributed by atoms with Crippen molar-refractivity contribution in [3.8, 4) is 5.75 Å². The molecule has 6 nitrogen and oxygen atoms in total. The van der Waals surface area contributed by atoms with Crippen LogP contribution < -0.4 is 15.4 Å². The van der Waals surface area contributed by atoms with Crippen molar-refractivity contribution in [3.63, 3.8) is 0 Å². The van der Waals surface area contributed by atoms with Crippen LogP contribution in [0.4, 0.5) is 15.8 Å². The van der Waals surface area contributed by atoms with Crippen LogP contribution in [0.25, 0.3) is 0 Å². The molecule has 0 bridgehead atoms. The summed E-state index contributed by atoms with van der Waals surface area (Å²) in [4.78, 5) is 35.2. The Bertz CT molecular complexity index is 876. The SMILES string of the molecule is CC(=O)Oc1ccc(NC(=O)CCl)cc1C(=O)Nc1ccc(Br)cc1F. The molecule has 2 N–H and O–H groups in total. The van der Waals surface area contributed by atoms with Crippen molar-refractivity contribution in [2.75, 3.05) is 16.5 Å². The zero-order valence-corrected chi connectivity index (χ0v) is 15.8. The number of benzene rings is 2. The fraction of sp³-hybridized carbons (Fsp3) is 0.118. The highest BCUT2D eigenvalue weighted by Gasteiger charge is 2.17. The van der Waals surface area contributed by atoms with Gasteiger partial charge in [-0.3, -0.25) is 14.4 Å². The van der Waals surface area contributed by atoms with E-state index in [1.54, 1.807) is 6.07 Å². The number of esters is 1. The molecule has 0 saturated heterocycles.